The molecule has 0 fully saturated rings. The number of fused-ring (bicyclic) bond motifs is 1. The van der Waals surface area contributed by atoms with Gasteiger partial charge in [-0.3, -0.25) is 19.2 Å². The largest absolute Gasteiger partial charge is 0.464 e. The average Bonchev–Trinajstić information content (AvgIpc) is 3.31. The molecule has 2 atom stereocenters. The maximum atomic E-state index is 14.0. The van der Waals surface area contributed by atoms with E-state index < -0.39 is 27.6 Å². The van der Waals surface area contributed by atoms with E-state index in [1.54, 1.807) is 6.07 Å². The van der Waals surface area contributed by atoms with Gasteiger partial charge < -0.3 is 19.1 Å². The predicted octanol–water partition coefficient (Wildman–Crippen LogP) is 8.32. The van der Waals surface area contributed by atoms with Crippen LogP contribution in [0.4, 0.5) is 0 Å². The molecule has 1 heterocycles. The van der Waals surface area contributed by atoms with Crippen LogP contribution < -0.4 is 5.56 Å². The molecule has 0 saturated heterocycles. The molecule has 0 radical (unpaired) electrons. The molecule has 0 aliphatic carbocycles. The number of hydrogen-bond acceptors (Lipinski definition) is 9. The van der Waals surface area contributed by atoms with Crippen LogP contribution in [0.3, 0.4) is 0 Å². The maximum absolute atomic E-state index is 14.0. The Morgan fingerprint density at radius 2 is 1.49 bits per heavy atom. The van der Waals surface area contributed by atoms with E-state index in [4.69, 9.17) is 14.2 Å². The first-order chi connectivity index (χ1) is 22.4. The van der Waals surface area contributed by atoms with Crippen LogP contribution >= 0.6 is 11.5 Å². The summed E-state index contributed by atoms with van der Waals surface area (Å²) in [5, 5.41) is 0.609. The van der Waals surface area contributed by atoms with Crippen LogP contribution in [0.5, 0.6) is 0 Å². The van der Waals surface area contributed by atoms with Gasteiger partial charge >= 0.3 is 17.9 Å². The fraction of sp³-hybridized carbons (Fsp3) is 0.744. The van der Waals surface area contributed by atoms with Gasteiger partial charge in [-0.15, -0.1) is 0 Å². The highest BCUT2D eigenvalue weighted by Gasteiger charge is 2.56. The highest BCUT2D eigenvalue weighted by molar-refractivity contribution is 7.13. The second-order valence-corrected chi connectivity index (χ2v) is 18.4. The molecule has 2 rings (SSSR count). The Morgan fingerprint density at radius 1 is 0.878 bits per heavy atom. The van der Waals surface area contributed by atoms with Crippen molar-refractivity contribution in [2.75, 3.05) is 26.7 Å². The minimum atomic E-state index is -0.910. The summed E-state index contributed by atoms with van der Waals surface area (Å²) in [6.45, 7) is 27.7. The average molecular weight is 705 g/mol. The lowest BCUT2D eigenvalue weighted by atomic mass is 9.52. The monoisotopic (exact) mass is 704 g/mol. The SMILES string of the molecule is CC(CCC(C)(C)C)OC(=O)C(C)(C)C(C)(C)CC(C)(C(=O)OCCN(C)CCC(=O)OCn1sc2ccccc2c1=O)C(C)(C)C(C)C. The van der Waals surface area contributed by atoms with Crippen molar-refractivity contribution in [1.29, 1.82) is 0 Å². The van der Waals surface area contributed by atoms with Crippen molar-refractivity contribution in [1.82, 2.24) is 8.86 Å². The molecule has 278 valence electrons. The van der Waals surface area contributed by atoms with E-state index in [9.17, 15) is 19.2 Å². The van der Waals surface area contributed by atoms with Gasteiger partial charge in [0.15, 0.2) is 6.73 Å². The number of rotatable bonds is 18. The number of esters is 3. The zero-order valence-corrected chi connectivity index (χ0v) is 33.6. The molecule has 0 amide bonds. The van der Waals surface area contributed by atoms with E-state index in [-0.39, 0.29) is 54.7 Å². The molecular formula is C39H64N2O7S. The number of carbonyl (C=O) groups is 3. The molecule has 0 aliphatic heterocycles. The molecule has 1 aromatic carbocycles. The number of aromatic nitrogens is 1. The van der Waals surface area contributed by atoms with Crippen molar-refractivity contribution in [3.05, 3.63) is 34.6 Å². The van der Waals surface area contributed by atoms with Gasteiger partial charge in [0.25, 0.3) is 5.56 Å². The number of likely N-dealkylation sites (N-methyl/N-ethyl adjacent to an activating group) is 1. The van der Waals surface area contributed by atoms with Gasteiger partial charge in [0.1, 0.15) is 6.61 Å². The van der Waals surface area contributed by atoms with E-state index in [1.165, 1.54) is 15.5 Å². The van der Waals surface area contributed by atoms with Gasteiger partial charge in [0.05, 0.1) is 33.4 Å². The lowest BCUT2D eigenvalue weighted by Crippen LogP contribution is -2.52. The number of benzene rings is 1. The quantitative estimate of drug-likeness (QED) is 0.113. The fourth-order valence-electron chi connectivity index (χ4n) is 5.76. The Balaban J connectivity index is 2.01. The summed E-state index contributed by atoms with van der Waals surface area (Å²) in [5.41, 5.74) is -2.85. The van der Waals surface area contributed by atoms with Crippen LogP contribution in [0.15, 0.2) is 29.1 Å². The highest BCUT2D eigenvalue weighted by Crippen LogP contribution is 2.56. The van der Waals surface area contributed by atoms with Gasteiger partial charge in [-0.25, -0.2) is 3.96 Å². The van der Waals surface area contributed by atoms with Crippen LogP contribution in [0.1, 0.15) is 116 Å². The summed E-state index contributed by atoms with van der Waals surface area (Å²) in [6.07, 6.45) is 2.10. The summed E-state index contributed by atoms with van der Waals surface area (Å²) in [5.74, 6) is -0.812. The lowest BCUT2D eigenvalue weighted by molar-refractivity contribution is -0.179. The van der Waals surface area contributed by atoms with Crippen molar-refractivity contribution in [3.63, 3.8) is 0 Å². The number of carbonyl (C=O) groups excluding carboxylic acids is 3. The number of ether oxygens (including phenoxy) is 3. The van der Waals surface area contributed by atoms with E-state index >= 15 is 0 Å². The first-order valence-corrected chi connectivity index (χ1v) is 18.4. The summed E-state index contributed by atoms with van der Waals surface area (Å²) in [7, 11) is 1.86. The molecule has 0 aliphatic rings. The molecule has 49 heavy (non-hydrogen) atoms. The Bertz CT molecular complexity index is 1480. The molecule has 10 heteroatoms. The topological polar surface area (TPSA) is 104 Å². The molecule has 2 unspecified atom stereocenters. The maximum Gasteiger partial charge on any atom is 0.312 e. The highest BCUT2D eigenvalue weighted by atomic mass is 32.1. The molecule has 0 saturated carbocycles. The van der Waals surface area contributed by atoms with E-state index in [2.05, 4.69) is 48.5 Å². The van der Waals surface area contributed by atoms with E-state index in [1.807, 2.05) is 71.7 Å². The van der Waals surface area contributed by atoms with Gasteiger partial charge in [-0.05, 0) is 88.3 Å². The molecule has 9 nitrogen and oxygen atoms in total. The Labute approximate surface area is 299 Å². The molecule has 2 aromatic rings. The minimum Gasteiger partial charge on any atom is -0.464 e. The third-order valence-corrected chi connectivity index (χ3v) is 12.3. The van der Waals surface area contributed by atoms with Gasteiger partial charge in [-0.1, -0.05) is 86.0 Å². The van der Waals surface area contributed by atoms with Gasteiger partial charge in [-0.2, -0.15) is 0 Å². The third kappa shape index (κ3) is 10.9. The van der Waals surface area contributed by atoms with Crippen molar-refractivity contribution in [3.8, 4) is 0 Å². The van der Waals surface area contributed by atoms with Crippen LogP contribution in [0, 0.1) is 33.0 Å². The lowest BCUT2D eigenvalue weighted by Gasteiger charge is -2.51. The van der Waals surface area contributed by atoms with Crippen LogP contribution in [0.25, 0.3) is 10.1 Å². The second-order valence-electron chi connectivity index (χ2n) is 17.3. The molecular weight excluding hydrogens is 641 g/mol. The number of nitrogens with zero attached hydrogens (tertiary/aromatic N) is 2. The van der Waals surface area contributed by atoms with Crippen molar-refractivity contribution in [2.45, 2.75) is 129 Å². The van der Waals surface area contributed by atoms with Crippen LogP contribution in [0.2, 0.25) is 0 Å². The Hall–Kier alpha value is -2.72. The Kier molecular flexibility index (Phi) is 14.3. The predicted molar refractivity (Wildman–Crippen MR) is 198 cm³/mol. The normalized spacial score (nSPS) is 14.9. The van der Waals surface area contributed by atoms with Crippen molar-refractivity contribution in [2.24, 2.45) is 33.0 Å². The van der Waals surface area contributed by atoms with Crippen molar-refractivity contribution >= 4 is 39.5 Å². The van der Waals surface area contributed by atoms with Gasteiger partial charge in [0.2, 0.25) is 0 Å². The summed E-state index contributed by atoms with van der Waals surface area (Å²) >= 11 is 1.26. The van der Waals surface area contributed by atoms with Crippen LogP contribution in [-0.4, -0.2) is 59.6 Å². The first-order valence-electron chi connectivity index (χ1n) is 17.7. The standard InChI is InChI=1S/C39H64N2O7S/c1-27(2)37(9,10)39(13,25-36(7,8)38(11,12)33(44)48-28(3)19-21-35(4,5)6)34(45)46-24-23-40(14)22-20-31(42)47-26-41-32(43)29-17-15-16-18-30(29)49-41/h15-18,27-28H,19-26H2,1-14H3. The van der Waals surface area contributed by atoms with Gasteiger partial charge in [0, 0.05) is 13.1 Å². The van der Waals surface area contributed by atoms with Crippen LogP contribution in [-0.2, 0) is 35.3 Å². The Morgan fingerprint density at radius 3 is 2.06 bits per heavy atom. The summed E-state index contributed by atoms with van der Waals surface area (Å²) < 4.78 is 19.6. The molecule has 1 aromatic heterocycles. The fourth-order valence-corrected chi connectivity index (χ4v) is 6.68. The van der Waals surface area contributed by atoms with E-state index in [0.717, 1.165) is 17.5 Å². The van der Waals surface area contributed by atoms with Crippen molar-refractivity contribution < 1.29 is 28.6 Å². The molecule has 0 spiro atoms. The molecule has 0 bridgehead atoms. The smallest absolute Gasteiger partial charge is 0.312 e. The zero-order valence-electron chi connectivity index (χ0n) is 32.8. The van der Waals surface area contributed by atoms with E-state index in [0.29, 0.717) is 24.9 Å². The number of hydrogen-bond donors (Lipinski definition) is 0. The zero-order chi connectivity index (χ0) is 37.6. The summed E-state index contributed by atoms with van der Waals surface area (Å²) in [4.78, 5) is 54.5. The minimum absolute atomic E-state index is 0.121. The third-order valence-electron chi connectivity index (χ3n) is 11.2. The second kappa shape index (κ2) is 16.5. The molecule has 0 N–H and O–H groups in total. The first kappa shape index (κ1) is 42.4. The summed E-state index contributed by atoms with van der Waals surface area (Å²) in [6, 6.07) is 7.30.